The minimum atomic E-state index is -0.392. The van der Waals surface area contributed by atoms with Crippen molar-refractivity contribution in [2.24, 2.45) is 0 Å². The van der Waals surface area contributed by atoms with Crippen LogP contribution in [0.3, 0.4) is 0 Å². The second-order valence-corrected chi connectivity index (χ2v) is 5.25. The minimum Gasteiger partial charge on any atom is -1.00 e. The maximum absolute atomic E-state index is 5.89. The lowest BCUT2D eigenvalue weighted by molar-refractivity contribution is -0.903. The summed E-state index contributed by atoms with van der Waals surface area (Å²) in [7, 11) is 4.04. The normalized spacial score (nSPS) is 11.3. The van der Waals surface area contributed by atoms with Gasteiger partial charge >= 0.3 is 0 Å². The van der Waals surface area contributed by atoms with Gasteiger partial charge in [-0.3, -0.25) is 4.48 Å². The molecule has 0 N–H and O–H groups in total. The first-order valence-corrected chi connectivity index (χ1v) is 5.45. The summed E-state index contributed by atoms with van der Waals surface area (Å²) in [6, 6.07) is 8.44. The second kappa shape index (κ2) is 5.95. The van der Waals surface area contributed by atoms with Crippen molar-refractivity contribution >= 4 is 23.2 Å². The fraction of sp³-hybridized carbons (Fsp3) is 0.455. The van der Waals surface area contributed by atoms with Crippen LogP contribution >= 0.6 is 23.2 Å². The third-order valence-corrected chi connectivity index (χ3v) is 3.30. The van der Waals surface area contributed by atoms with E-state index in [1.807, 2.05) is 14.1 Å². The standard InChI is InChI=1S/C11H16Cl2N.ClH/c1-9-4-6-10(7-5-9)8-14(2,3)11(12)13;/h4-7,11H,8H2,1-3H3;1H/q+1;/p-1. The Morgan fingerprint density at radius 3 is 2.00 bits per heavy atom. The Balaban J connectivity index is 0.00000196. The van der Waals surface area contributed by atoms with Gasteiger partial charge in [0.05, 0.1) is 14.1 Å². The van der Waals surface area contributed by atoms with Gasteiger partial charge in [-0.25, -0.2) is 0 Å². The third-order valence-electron chi connectivity index (χ3n) is 2.24. The topological polar surface area (TPSA) is 0 Å². The molecule has 0 saturated carbocycles. The average molecular weight is 269 g/mol. The Hall–Kier alpha value is 0.0500. The molecule has 0 atom stereocenters. The van der Waals surface area contributed by atoms with E-state index in [-0.39, 0.29) is 12.4 Å². The molecule has 0 unspecified atom stereocenters. The number of hydrogen-bond donors (Lipinski definition) is 0. The van der Waals surface area contributed by atoms with E-state index in [2.05, 4.69) is 31.2 Å². The van der Waals surface area contributed by atoms with Gasteiger partial charge in [0.1, 0.15) is 6.54 Å². The Labute approximate surface area is 108 Å². The summed E-state index contributed by atoms with van der Waals surface area (Å²) in [5.41, 5.74) is 2.53. The van der Waals surface area contributed by atoms with E-state index in [1.54, 1.807) is 0 Å². The van der Waals surface area contributed by atoms with Crippen LogP contribution in [-0.2, 0) is 6.54 Å². The summed E-state index contributed by atoms with van der Waals surface area (Å²) >= 11 is 11.8. The van der Waals surface area contributed by atoms with Crippen molar-refractivity contribution in [3.05, 3.63) is 35.4 Å². The Kier molecular flexibility index (Phi) is 5.97. The lowest BCUT2D eigenvalue weighted by atomic mass is 10.1. The molecule has 4 heteroatoms. The Morgan fingerprint density at radius 2 is 1.60 bits per heavy atom. The molecule has 1 rings (SSSR count). The summed E-state index contributed by atoms with van der Waals surface area (Å²) in [5, 5.41) is 0. The van der Waals surface area contributed by atoms with Gasteiger partial charge < -0.3 is 12.4 Å². The van der Waals surface area contributed by atoms with Gasteiger partial charge in [0.2, 0.25) is 4.96 Å². The van der Waals surface area contributed by atoms with Crippen molar-refractivity contribution in [2.75, 3.05) is 14.1 Å². The van der Waals surface area contributed by atoms with E-state index in [4.69, 9.17) is 23.2 Å². The lowest BCUT2D eigenvalue weighted by Gasteiger charge is -2.30. The number of alkyl halides is 2. The smallest absolute Gasteiger partial charge is 0.241 e. The van der Waals surface area contributed by atoms with E-state index in [0.29, 0.717) is 4.48 Å². The summed E-state index contributed by atoms with van der Waals surface area (Å²) in [6.07, 6.45) is 0. The average Bonchev–Trinajstić information content (AvgIpc) is 2.08. The van der Waals surface area contributed by atoms with Crippen molar-refractivity contribution in [3.63, 3.8) is 0 Å². The van der Waals surface area contributed by atoms with E-state index < -0.39 is 4.96 Å². The van der Waals surface area contributed by atoms with Crippen LogP contribution in [0, 0.1) is 6.92 Å². The molecule has 0 aliphatic rings. The maximum Gasteiger partial charge on any atom is 0.241 e. The monoisotopic (exact) mass is 267 g/mol. The molecule has 1 aromatic carbocycles. The van der Waals surface area contributed by atoms with Gasteiger partial charge in [0.25, 0.3) is 0 Å². The van der Waals surface area contributed by atoms with E-state index in [0.717, 1.165) is 6.54 Å². The fourth-order valence-electron chi connectivity index (χ4n) is 1.23. The van der Waals surface area contributed by atoms with Gasteiger partial charge in [-0.2, -0.15) is 0 Å². The lowest BCUT2D eigenvalue weighted by Crippen LogP contribution is -3.00. The largest absolute Gasteiger partial charge is 1.00 e. The molecule has 86 valence electrons. The van der Waals surface area contributed by atoms with E-state index in [1.165, 1.54) is 11.1 Å². The van der Waals surface area contributed by atoms with Crippen molar-refractivity contribution < 1.29 is 16.9 Å². The summed E-state index contributed by atoms with van der Waals surface area (Å²) in [5.74, 6) is 0. The van der Waals surface area contributed by atoms with Crippen LogP contribution in [0.5, 0.6) is 0 Å². The van der Waals surface area contributed by atoms with Crippen molar-refractivity contribution in [1.82, 2.24) is 0 Å². The fourth-order valence-corrected chi connectivity index (χ4v) is 1.37. The van der Waals surface area contributed by atoms with Crippen molar-refractivity contribution in [2.45, 2.75) is 18.4 Å². The Bertz CT molecular complexity index is 293. The summed E-state index contributed by atoms with van der Waals surface area (Å²) < 4.78 is 0.576. The van der Waals surface area contributed by atoms with E-state index in [9.17, 15) is 0 Å². The first-order valence-electron chi connectivity index (χ1n) is 4.58. The molecular formula is C11H16Cl3N. The number of aryl methyl sites for hydroxylation is 1. The highest BCUT2D eigenvalue weighted by Gasteiger charge is 2.23. The van der Waals surface area contributed by atoms with Crippen LogP contribution < -0.4 is 12.4 Å². The number of rotatable bonds is 3. The molecule has 0 fully saturated rings. The van der Waals surface area contributed by atoms with Gasteiger partial charge in [0.15, 0.2) is 0 Å². The molecule has 0 aliphatic carbocycles. The van der Waals surface area contributed by atoms with Crippen LogP contribution in [0.1, 0.15) is 11.1 Å². The van der Waals surface area contributed by atoms with E-state index >= 15 is 0 Å². The predicted molar refractivity (Wildman–Crippen MR) is 62.5 cm³/mol. The maximum atomic E-state index is 5.89. The molecular weight excluding hydrogens is 252 g/mol. The highest BCUT2D eigenvalue weighted by molar-refractivity contribution is 6.42. The molecule has 15 heavy (non-hydrogen) atoms. The molecule has 0 bridgehead atoms. The molecule has 0 aliphatic heterocycles. The molecule has 1 nitrogen and oxygen atoms in total. The SMILES string of the molecule is Cc1ccc(C[N+](C)(C)C(Cl)Cl)cc1.[Cl-]. The van der Waals surface area contributed by atoms with Crippen molar-refractivity contribution in [1.29, 1.82) is 0 Å². The zero-order valence-corrected chi connectivity index (χ0v) is 11.4. The number of halogens is 3. The summed E-state index contributed by atoms with van der Waals surface area (Å²) in [4.78, 5) is -0.392. The van der Waals surface area contributed by atoms with Crippen LogP contribution in [0.15, 0.2) is 24.3 Å². The second-order valence-electron chi connectivity index (χ2n) is 4.20. The molecule has 0 radical (unpaired) electrons. The quantitative estimate of drug-likeness (QED) is 0.421. The van der Waals surface area contributed by atoms with Crippen LogP contribution in [-0.4, -0.2) is 23.5 Å². The van der Waals surface area contributed by atoms with Crippen LogP contribution in [0.25, 0.3) is 0 Å². The molecule has 0 saturated heterocycles. The van der Waals surface area contributed by atoms with Crippen LogP contribution in [0.2, 0.25) is 0 Å². The molecule has 0 spiro atoms. The highest BCUT2D eigenvalue weighted by Crippen LogP contribution is 2.19. The van der Waals surface area contributed by atoms with Gasteiger partial charge in [0, 0.05) is 5.56 Å². The van der Waals surface area contributed by atoms with Crippen LogP contribution in [0.4, 0.5) is 0 Å². The molecule has 1 aromatic rings. The first-order chi connectivity index (χ1) is 6.42. The third kappa shape index (κ3) is 4.60. The number of quaternary nitrogens is 1. The zero-order valence-electron chi connectivity index (χ0n) is 9.17. The number of benzene rings is 1. The Morgan fingerprint density at radius 1 is 1.13 bits per heavy atom. The number of nitrogens with zero attached hydrogens (tertiary/aromatic N) is 1. The van der Waals surface area contributed by atoms with Gasteiger partial charge in [-0.1, -0.05) is 29.8 Å². The van der Waals surface area contributed by atoms with Gasteiger partial charge in [-0.05, 0) is 30.1 Å². The minimum absolute atomic E-state index is 0. The first kappa shape index (κ1) is 15.0. The molecule has 0 aromatic heterocycles. The number of hydrogen-bond acceptors (Lipinski definition) is 0. The zero-order chi connectivity index (χ0) is 10.8. The molecule has 0 amide bonds. The van der Waals surface area contributed by atoms with Crippen molar-refractivity contribution in [3.8, 4) is 0 Å². The summed E-state index contributed by atoms with van der Waals surface area (Å²) in [6.45, 7) is 2.92. The van der Waals surface area contributed by atoms with Gasteiger partial charge in [-0.15, -0.1) is 0 Å². The predicted octanol–water partition coefficient (Wildman–Crippen LogP) is 0.337. The highest BCUT2D eigenvalue weighted by atomic mass is 35.5. The molecule has 0 heterocycles.